The summed E-state index contributed by atoms with van der Waals surface area (Å²) >= 11 is 0. The number of methoxy groups -OCH3 is 1. The maximum atomic E-state index is 10.3. The van der Waals surface area contributed by atoms with Crippen LogP contribution in [-0.4, -0.2) is 30.7 Å². The summed E-state index contributed by atoms with van der Waals surface area (Å²) < 4.78 is 11.5. The van der Waals surface area contributed by atoms with Crippen LogP contribution in [0.1, 0.15) is 33.1 Å². The Bertz CT molecular complexity index is 352. The van der Waals surface area contributed by atoms with Crippen molar-refractivity contribution in [3.05, 3.63) is 11.6 Å². The van der Waals surface area contributed by atoms with Gasteiger partial charge >= 0.3 is 0 Å². The van der Waals surface area contributed by atoms with Crippen molar-refractivity contribution in [1.82, 2.24) is 0 Å². The number of ether oxygens (including phenoxy) is 2. The van der Waals surface area contributed by atoms with Gasteiger partial charge in [0.2, 0.25) is 0 Å². The highest BCUT2D eigenvalue weighted by atomic mass is 16.7. The summed E-state index contributed by atoms with van der Waals surface area (Å²) in [5.41, 5.74) is 1.31. The van der Waals surface area contributed by atoms with Crippen molar-refractivity contribution in [3.8, 4) is 0 Å². The van der Waals surface area contributed by atoms with Gasteiger partial charge in [-0.1, -0.05) is 18.6 Å². The smallest absolute Gasteiger partial charge is 0.157 e. The summed E-state index contributed by atoms with van der Waals surface area (Å²) in [5, 5.41) is 10.3. The number of rotatable bonds is 1. The van der Waals surface area contributed by atoms with Crippen LogP contribution >= 0.6 is 0 Å². The highest BCUT2D eigenvalue weighted by Crippen LogP contribution is 2.50. The van der Waals surface area contributed by atoms with Crippen LogP contribution in [0.15, 0.2) is 11.6 Å². The van der Waals surface area contributed by atoms with E-state index in [0.717, 1.165) is 6.42 Å². The molecular weight excluding hydrogens is 228 g/mol. The molecule has 1 unspecified atom stereocenters. The first-order valence-electron chi connectivity index (χ1n) is 7.16. The molecule has 0 amide bonds. The van der Waals surface area contributed by atoms with E-state index in [1.807, 2.05) is 6.08 Å². The Hall–Kier alpha value is -0.380. The molecule has 7 atom stereocenters. The maximum Gasteiger partial charge on any atom is 0.157 e. The van der Waals surface area contributed by atoms with Crippen molar-refractivity contribution in [1.29, 1.82) is 0 Å². The lowest BCUT2D eigenvalue weighted by atomic mass is 9.78. The van der Waals surface area contributed by atoms with E-state index >= 15 is 0 Å². The molecule has 0 aromatic heterocycles. The zero-order valence-electron chi connectivity index (χ0n) is 11.5. The lowest BCUT2D eigenvalue weighted by Crippen LogP contribution is -2.34. The minimum absolute atomic E-state index is 0.0420. The molecular formula is C15H24O3. The van der Waals surface area contributed by atoms with Crippen LogP contribution in [0, 0.1) is 23.7 Å². The normalized spacial score (nSPS) is 51.6. The summed E-state index contributed by atoms with van der Waals surface area (Å²) in [6.45, 7) is 4.43. The van der Waals surface area contributed by atoms with Crippen molar-refractivity contribution < 1.29 is 14.6 Å². The molecule has 0 spiro atoms. The van der Waals surface area contributed by atoms with Crippen molar-refractivity contribution in [2.24, 2.45) is 23.7 Å². The molecule has 3 rings (SSSR count). The van der Waals surface area contributed by atoms with Gasteiger partial charge in [0.1, 0.15) is 0 Å². The van der Waals surface area contributed by atoms with E-state index in [1.54, 1.807) is 7.11 Å². The molecule has 0 aromatic carbocycles. The molecule has 0 bridgehead atoms. The van der Waals surface area contributed by atoms with Gasteiger partial charge in [-0.25, -0.2) is 0 Å². The van der Waals surface area contributed by atoms with Gasteiger partial charge in [0.25, 0.3) is 0 Å². The molecule has 2 fully saturated rings. The predicted octanol–water partition coefficient (Wildman–Crippen LogP) is 2.35. The van der Waals surface area contributed by atoms with Crippen LogP contribution in [0.4, 0.5) is 0 Å². The fraction of sp³-hybridized carbons (Fsp3) is 0.867. The topological polar surface area (TPSA) is 38.7 Å². The lowest BCUT2D eigenvalue weighted by Gasteiger charge is -2.31. The minimum atomic E-state index is -0.283. The molecule has 3 aliphatic rings. The third-order valence-corrected chi connectivity index (χ3v) is 5.30. The molecule has 2 aliphatic carbocycles. The van der Waals surface area contributed by atoms with Gasteiger partial charge in [0, 0.05) is 25.4 Å². The summed E-state index contributed by atoms with van der Waals surface area (Å²) in [6.07, 6.45) is 5.38. The number of hydrogen-bond donors (Lipinski definition) is 1. The van der Waals surface area contributed by atoms with E-state index in [9.17, 15) is 5.11 Å². The van der Waals surface area contributed by atoms with E-state index in [1.165, 1.54) is 18.4 Å². The van der Waals surface area contributed by atoms with E-state index in [2.05, 4.69) is 13.8 Å². The van der Waals surface area contributed by atoms with Crippen LogP contribution in [-0.2, 0) is 9.47 Å². The molecule has 1 heterocycles. The molecule has 102 valence electrons. The highest BCUT2D eigenvalue weighted by molar-refractivity contribution is 5.21. The van der Waals surface area contributed by atoms with E-state index < -0.39 is 0 Å². The molecule has 1 aliphatic heterocycles. The molecule has 18 heavy (non-hydrogen) atoms. The number of fused-ring (bicyclic) bond motifs is 3. The van der Waals surface area contributed by atoms with Crippen LogP contribution in [0.25, 0.3) is 0 Å². The Morgan fingerprint density at radius 1 is 1.39 bits per heavy atom. The van der Waals surface area contributed by atoms with Crippen LogP contribution in [0.2, 0.25) is 0 Å². The first-order valence-corrected chi connectivity index (χ1v) is 7.16. The lowest BCUT2D eigenvalue weighted by molar-refractivity contribution is -0.131. The Labute approximate surface area is 109 Å². The second kappa shape index (κ2) is 4.62. The largest absolute Gasteiger partial charge is 0.389 e. The van der Waals surface area contributed by atoms with Crippen molar-refractivity contribution in [2.45, 2.75) is 51.6 Å². The fourth-order valence-corrected chi connectivity index (χ4v) is 4.38. The van der Waals surface area contributed by atoms with Crippen LogP contribution in [0.5, 0.6) is 0 Å². The summed E-state index contributed by atoms with van der Waals surface area (Å²) in [7, 11) is 1.72. The highest BCUT2D eigenvalue weighted by Gasteiger charge is 2.50. The summed E-state index contributed by atoms with van der Waals surface area (Å²) in [5.74, 6) is 1.91. The SMILES string of the molecule is COC1C[C@@H]2CC[C@H](C)[C@H]3[C@H](C(C)=C[C@@H]3O)[C@H]2O1. The first-order chi connectivity index (χ1) is 8.61. The Morgan fingerprint density at radius 3 is 2.89 bits per heavy atom. The van der Waals surface area contributed by atoms with Crippen molar-refractivity contribution >= 4 is 0 Å². The van der Waals surface area contributed by atoms with Gasteiger partial charge in [-0.3, -0.25) is 0 Å². The van der Waals surface area contributed by atoms with Gasteiger partial charge in [0.15, 0.2) is 6.29 Å². The van der Waals surface area contributed by atoms with Crippen molar-refractivity contribution in [2.75, 3.05) is 7.11 Å². The average Bonchev–Trinajstić information content (AvgIpc) is 2.82. The minimum Gasteiger partial charge on any atom is -0.389 e. The Balaban J connectivity index is 1.89. The standard InChI is InChI=1S/C15H24O3/c1-8-4-5-10-7-12(17-3)18-15(10)14-9(2)6-11(16)13(8)14/h6,8,10-16H,4-5,7H2,1-3H3/t8-,10-,11-,12?,13+,14-,15-/m0/s1. The third-order valence-electron chi connectivity index (χ3n) is 5.30. The van der Waals surface area contributed by atoms with Gasteiger partial charge < -0.3 is 14.6 Å². The zero-order valence-corrected chi connectivity index (χ0v) is 11.5. The average molecular weight is 252 g/mol. The predicted molar refractivity (Wildman–Crippen MR) is 68.9 cm³/mol. The fourth-order valence-electron chi connectivity index (χ4n) is 4.38. The van der Waals surface area contributed by atoms with Gasteiger partial charge in [-0.2, -0.15) is 0 Å². The second-order valence-corrected chi connectivity index (χ2v) is 6.32. The summed E-state index contributed by atoms with van der Waals surface area (Å²) in [4.78, 5) is 0. The second-order valence-electron chi connectivity index (χ2n) is 6.32. The summed E-state index contributed by atoms with van der Waals surface area (Å²) in [6, 6.07) is 0. The molecule has 1 saturated carbocycles. The first kappa shape index (κ1) is 12.6. The Kier molecular flexibility index (Phi) is 3.25. The number of aliphatic hydroxyl groups is 1. The van der Waals surface area contributed by atoms with Gasteiger partial charge in [-0.15, -0.1) is 0 Å². The molecule has 0 aromatic rings. The molecule has 0 radical (unpaired) electrons. The number of aliphatic hydroxyl groups excluding tert-OH is 1. The molecule has 3 heteroatoms. The van der Waals surface area contributed by atoms with Crippen LogP contribution < -0.4 is 0 Å². The quantitative estimate of drug-likeness (QED) is 0.728. The third kappa shape index (κ3) is 1.84. The van der Waals surface area contributed by atoms with Crippen molar-refractivity contribution in [3.63, 3.8) is 0 Å². The van der Waals surface area contributed by atoms with E-state index in [0.29, 0.717) is 23.7 Å². The maximum absolute atomic E-state index is 10.3. The van der Waals surface area contributed by atoms with Crippen LogP contribution in [0.3, 0.4) is 0 Å². The Morgan fingerprint density at radius 2 is 2.17 bits per heavy atom. The number of hydrogen-bond acceptors (Lipinski definition) is 3. The molecule has 3 nitrogen and oxygen atoms in total. The molecule has 1 N–H and O–H groups in total. The van der Waals surface area contributed by atoms with E-state index in [4.69, 9.17) is 9.47 Å². The monoisotopic (exact) mass is 252 g/mol. The molecule has 1 saturated heterocycles. The zero-order chi connectivity index (χ0) is 12.9. The van der Waals surface area contributed by atoms with Gasteiger partial charge in [0.05, 0.1) is 12.2 Å². The van der Waals surface area contributed by atoms with E-state index in [-0.39, 0.29) is 18.5 Å². The van der Waals surface area contributed by atoms with Gasteiger partial charge in [-0.05, 0) is 31.6 Å².